The van der Waals surface area contributed by atoms with Gasteiger partial charge in [0.1, 0.15) is 45.6 Å². The average molecular weight is 1730 g/mol. The van der Waals surface area contributed by atoms with Gasteiger partial charge in [0.25, 0.3) is 23.6 Å². The summed E-state index contributed by atoms with van der Waals surface area (Å²) < 4.78 is 18.6. The smallest absolute Gasteiger partial charge is 0.269 e. The largest absolute Gasteiger partial charge is 0.383 e. The van der Waals surface area contributed by atoms with Gasteiger partial charge in [-0.1, -0.05) is 62.5 Å². The number of anilines is 8. The number of amides is 4. The Morgan fingerprint density at radius 1 is 0.411 bits per heavy atom. The van der Waals surface area contributed by atoms with E-state index >= 15 is 0 Å². The molecule has 36 heteroatoms. The Morgan fingerprint density at radius 3 is 1.16 bits per heavy atom. The molecule has 33 nitrogen and oxygen atoms in total. The number of rotatable bonds is 23. The highest BCUT2D eigenvalue weighted by atomic mass is 35.5. The van der Waals surface area contributed by atoms with Gasteiger partial charge in [0.2, 0.25) is 23.8 Å². The Hall–Kier alpha value is -13.9. The Kier molecular flexibility index (Phi) is 27.0. The monoisotopic (exact) mass is 1730 g/mol. The highest BCUT2D eigenvalue weighted by Gasteiger charge is 2.25. The zero-order valence-corrected chi connectivity index (χ0v) is 74.4. The number of hydrogen-bond acceptors (Lipinski definition) is 21. The molecule has 0 bridgehead atoms. The predicted octanol–water partition coefficient (Wildman–Crippen LogP) is 15.9. The van der Waals surface area contributed by atoms with E-state index < -0.39 is 0 Å². The topological polar surface area (TPSA) is 344 Å². The number of aromatic nitrogens is 20. The molecule has 0 aliphatic carbocycles. The molecule has 16 aromatic rings. The van der Waals surface area contributed by atoms with Crippen LogP contribution in [-0.4, -0.2) is 210 Å². The molecule has 12 aromatic heterocycles. The number of carbonyl (C=O) groups excluding carboxylic acids is 4. The third kappa shape index (κ3) is 20.5. The van der Waals surface area contributed by atoms with Crippen molar-refractivity contribution in [2.45, 2.75) is 54.3 Å². The molecule has 4 amide bonds. The lowest BCUT2D eigenvalue weighted by molar-refractivity contribution is 0.0808. The number of imidazole rings is 4. The fourth-order valence-corrected chi connectivity index (χ4v) is 14.9. The minimum atomic E-state index is -0.103. The van der Waals surface area contributed by atoms with E-state index in [4.69, 9.17) is 39.5 Å². The number of benzene rings is 4. The number of carbonyl (C=O) groups is 4. The van der Waals surface area contributed by atoms with E-state index in [2.05, 4.69) is 118 Å². The first-order chi connectivity index (χ1) is 59.2. The van der Waals surface area contributed by atoms with Crippen molar-refractivity contribution in [2.75, 3.05) is 91.4 Å². The molecule has 0 aliphatic rings. The van der Waals surface area contributed by atoms with Gasteiger partial charge >= 0.3 is 0 Å². The molecule has 0 spiro atoms. The van der Waals surface area contributed by atoms with Crippen molar-refractivity contribution in [1.29, 1.82) is 0 Å². The lowest BCUT2D eigenvalue weighted by Crippen LogP contribution is -2.25. The van der Waals surface area contributed by atoms with Crippen LogP contribution in [0.1, 0.15) is 75.2 Å². The fourth-order valence-electron chi connectivity index (χ4n) is 13.9. The van der Waals surface area contributed by atoms with Gasteiger partial charge < -0.3 is 82.6 Å². The summed E-state index contributed by atoms with van der Waals surface area (Å²) in [6.45, 7) is 13.2. The number of aryl methyl sites for hydroxylation is 5. The van der Waals surface area contributed by atoms with Gasteiger partial charge in [-0.15, -0.1) is 0 Å². The van der Waals surface area contributed by atoms with Crippen LogP contribution in [0.5, 0.6) is 0 Å². The van der Waals surface area contributed by atoms with Crippen LogP contribution in [0.15, 0.2) is 172 Å². The molecule has 640 valence electrons. The van der Waals surface area contributed by atoms with Gasteiger partial charge in [0.05, 0.1) is 86.3 Å². The third-order valence-electron chi connectivity index (χ3n) is 19.5. The summed E-state index contributed by atoms with van der Waals surface area (Å²) in [7, 11) is 23.1. The molecule has 124 heavy (non-hydrogen) atoms. The predicted molar refractivity (Wildman–Crippen MR) is 488 cm³/mol. The molecule has 4 aromatic carbocycles. The zero-order chi connectivity index (χ0) is 88.6. The zero-order valence-electron chi connectivity index (χ0n) is 72.1. The van der Waals surface area contributed by atoms with Crippen molar-refractivity contribution in [3.8, 4) is 45.6 Å². The van der Waals surface area contributed by atoms with Gasteiger partial charge in [0.15, 0.2) is 0 Å². The average Bonchev–Trinajstić information content (AvgIpc) is 1.62. The molecule has 0 fully saturated rings. The molecular weight excluding hydrogens is 1640 g/mol. The number of halogens is 3. The van der Waals surface area contributed by atoms with Crippen LogP contribution < -0.4 is 21.3 Å². The lowest BCUT2D eigenvalue weighted by atomic mass is 10.1. The van der Waals surface area contributed by atoms with Crippen LogP contribution in [-0.2, 0) is 52.6 Å². The minimum absolute atomic E-state index is 0.0566. The van der Waals surface area contributed by atoms with E-state index in [1.54, 1.807) is 146 Å². The first kappa shape index (κ1) is 87.9. The van der Waals surface area contributed by atoms with E-state index in [1.807, 2.05) is 166 Å². The maximum Gasteiger partial charge on any atom is 0.269 e. The van der Waals surface area contributed by atoms with Crippen LogP contribution in [0, 0.1) is 18.8 Å². The van der Waals surface area contributed by atoms with Gasteiger partial charge in [-0.25, -0.2) is 59.8 Å². The van der Waals surface area contributed by atoms with E-state index in [-0.39, 0.29) is 23.6 Å². The quantitative estimate of drug-likeness (QED) is 0.0397. The number of H-pyrrole nitrogens is 1. The van der Waals surface area contributed by atoms with E-state index in [9.17, 15) is 19.2 Å². The van der Waals surface area contributed by atoms with Gasteiger partial charge in [-0.2, -0.15) is 0 Å². The third-order valence-corrected chi connectivity index (χ3v) is 20.4. The van der Waals surface area contributed by atoms with Crippen LogP contribution in [0.3, 0.4) is 0 Å². The number of nitrogens with one attached hydrogen (secondary N) is 5. The molecule has 0 saturated carbocycles. The molecular formula is C88H97Cl3N28O5. The first-order valence-corrected chi connectivity index (χ1v) is 40.7. The number of nitrogens with zero attached hydrogens (tertiary/aromatic N) is 23. The summed E-state index contributed by atoms with van der Waals surface area (Å²) in [6, 6.07) is 29.9. The lowest BCUT2D eigenvalue weighted by Gasteiger charge is -2.16. The minimum Gasteiger partial charge on any atom is -0.383 e. The second-order valence-electron chi connectivity index (χ2n) is 31.4. The van der Waals surface area contributed by atoms with Gasteiger partial charge in [-0.05, 0) is 121 Å². The number of hydrogen-bond donors (Lipinski definition) is 5. The van der Waals surface area contributed by atoms with Crippen molar-refractivity contribution >= 4 is 149 Å². The summed E-state index contributed by atoms with van der Waals surface area (Å²) in [5.41, 5.74) is 15.8. The molecule has 5 N–H and O–H groups in total. The second-order valence-corrected chi connectivity index (χ2v) is 32.6. The van der Waals surface area contributed by atoms with Crippen molar-refractivity contribution in [3.05, 3.63) is 215 Å². The fraction of sp³-hybridized carbons (Fsp3) is 0.273. The van der Waals surface area contributed by atoms with E-state index in [1.165, 1.54) is 4.90 Å². The number of aromatic amines is 1. The maximum absolute atomic E-state index is 12.8. The highest BCUT2D eigenvalue weighted by molar-refractivity contribution is 6.37. The summed E-state index contributed by atoms with van der Waals surface area (Å²) in [6.07, 6.45) is 21.5. The van der Waals surface area contributed by atoms with Gasteiger partial charge in [0, 0.05) is 211 Å². The van der Waals surface area contributed by atoms with Crippen molar-refractivity contribution in [2.24, 2.45) is 40.0 Å². The van der Waals surface area contributed by atoms with Crippen molar-refractivity contribution in [1.82, 2.24) is 116 Å². The highest BCUT2D eigenvalue weighted by Crippen LogP contribution is 2.37. The van der Waals surface area contributed by atoms with Crippen molar-refractivity contribution in [3.63, 3.8) is 0 Å². The molecule has 12 heterocycles. The number of ether oxygens (including phenoxy) is 1. The van der Waals surface area contributed by atoms with E-state index in [0.717, 1.165) is 107 Å². The Bertz CT molecular complexity index is 6600. The Morgan fingerprint density at radius 2 is 0.766 bits per heavy atom. The van der Waals surface area contributed by atoms with Crippen molar-refractivity contribution < 1.29 is 23.9 Å². The SMILES string of the molecule is CC(C)Cn1c(C(=O)N(C)C)cc2cc(Nc3nccc(-c4cn(C)cn4)n3)cc(Cl)c21.CN(C)C(=O)c1cc2cc(Nc3nccc(-c4cn(C)cn4)n3)cc(Cl)c2n1C.COCCn1c(C(=O)N(C)C)cc2cc(Nc3nccc(-c4cn(C)cn4)n3)cc(Cl)c21.Cc1cc(Nc2nccc(-c3cn(CC(C)C)cn3)n2)cc2cc(C(=O)N(C)C)[nH]c12. The normalized spacial score (nSPS) is 11.2. The summed E-state index contributed by atoms with van der Waals surface area (Å²) in [4.78, 5) is 113. The molecule has 0 radical (unpaired) electrons. The molecule has 0 aliphatic heterocycles. The van der Waals surface area contributed by atoms with Crippen LogP contribution in [0.2, 0.25) is 15.1 Å². The molecule has 0 saturated heterocycles. The molecule has 0 atom stereocenters. The Balaban J connectivity index is 0.000000142. The molecule has 16 rings (SSSR count). The second kappa shape index (κ2) is 38.0. The van der Waals surface area contributed by atoms with Gasteiger partial charge in [-0.3, -0.25) is 19.2 Å². The Labute approximate surface area is 731 Å². The number of fused-ring (bicyclic) bond motifs is 4. The van der Waals surface area contributed by atoms with Crippen LogP contribution in [0.4, 0.5) is 46.5 Å². The first-order valence-electron chi connectivity index (χ1n) is 39.5. The summed E-state index contributed by atoms with van der Waals surface area (Å²) in [5, 5.41) is 18.0. The summed E-state index contributed by atoms with van der Waals surface area (Å²) in [5.74, 6) is 2.40. The summed E-state index contributed by atoms with van der Waals surface area (Å²) >= 11 is 19.9. The maximum atomic E-state index is 12.8. The van der Waals surface area contributed by atoms with E-state index in [0.29, 0.717) is 110 Å². The standard InChI is InChI=1S/C23H26ClN7O.C23H27N7O.C22H24ClN7O2.C20H20ClN7O/c1-14(2)11-31-20(22(32)29(3)4)9-15-8-16(10-17(24)21(15)31)27-23-25-7-6-18(28-23)19-12-30(5)13-26-19;1-14(2)11-30-12-20(25-13-30)18-6-7-24-23(28-18)26-17-8-15(3)21-16(9-17)10-19(27-21)22(31)29(4)5;1-28(2)21(31)19-10-14-9-15(11-16(23)20(14)30(19)7-8-32-4)26-22-24-6-5-17(27-22)18-12-29(3)13-25-18;1-26(2)19(29)17-8-12-7-13(9-14(21)18(12)28(17)4)24-20-22-6-5-15(25-20)16-10-27(3)11-23-16/h6-10,12-14H,11H2,1-5H3,(H,25,27,28);6-10,12-14,27H,11H2,1-5H3,(H,24,26,28);5-6,9-13H,7-8H2,1-4H3,(H,24,26,27);5-11H,1-4H3,(H,22,24,25). The molecule has 0 unspecified atom stereocenters. The number of methoxy groups -OCH3 is 1. The van der Waals surface area contributed by atoms with Crippen LogP contribution >= 0.6 is 34.8 Å². The van der Waals surface area contributed by atoms with Crippen LogP contribution in [0.25, 0.3) is 89.2 Å².